The molecule has 0 spiro atoms. The number of hydrogen-bond acceptors (Lipinski definition) is 5. The predicted octanol–water partition coefficient (Wildman–Crippen LogP) is 1.54. The maximum atomic E-state index is 12.1. The molecule has 0 aliphatic heterocycles. The van der Waals surface area contributed by atoms with Crippen LogP contribution in [0.2, 0.25) is 5.02 Å². The van der Waals surface area contributed by atoms with Gasteiger partial charge >= 0.3 is 0 Å². The summed E-state index contributed by atoms with van der Waals surface area (Å²) in [7, 11) is 5.65. The number of anilines is 1. The number of nitrogens with one attached hydrogen (secondary N) is 1. The van der Waals surface area contributed by atoms with E-state index in [4.69, 9.17) is 16.3 Å². The molecule has 0 aromatic carbocycles. The van der Waals surface area contributed by atoms with Gasteiger partial charge in [0, 0.05) is 20.2 Å². The topological polar surface area (TPSA) is 59.4 Å². The Morgan fingerprint density at radius 1 is 1.48 bits per heavy atom. The first-order chi connectivity index (χ1) is 9.76. The molecule has 0 fully saturated rings. The molecule has 0 saturated carbocycles. The molecule has 1 N–H and O–H groups in total. The van der Waals surface area contributed by atoms with Gasteiger partial charge in [-0.3, -0.25) is 4.79 Å². The van der Waals surface area contributed by atoms with Crippen LogP contribution in [0.1, 0.15) is 13.8 Å². The van der Waals surface area contributed by atoms with Crippen molar-refractivity contribution < 1.29 is 4.74 Å². The smallest absolute Gasteiger partial charge is 0.287 e. The molecule has 120 valence electrons. The summed E-state index contributed by atoms with van der Waals surface area (Å²) in [4.78, 5) is 14.2. The summed E-state index contributed by atoms with van der Waals surface area (Å²) < 4.78 is 6.24. The number of rotatable bonds is 8. The molecule has 7 heteroatoms. The lowest BCUT2D eigenvalue weighted by atomic mass is 9.93. The highest BCUT2D eigenvalue weighted by Gasteiger charge is 2.19. The molecule has 0 aliphatic carbocycles. The van der Waals surface area contributed by atoms with Crippen molar-refractivity contribution in [1.82, 2.24) is 14.7 Å². The minimum atomic E-state index is -0.302. The Morgan fingerprint density at radius 2 is 2.14 bits per heavy atom. The Balaban J connectivity index is 2.77. The zero-order chi connectivity index (χ0) is 16.0. The van der Waals surface area contributed by atoms with Crippen molar-refractivity contribution in [3.05, 3.63) is 21.6 Å². The minimum absolute atomic E-state index is 0.0533. The average molecular weight is 317 g/mol. The van der Waals surface area contributed by atoms with E-state index in [1.165, 1.54) is 4.68 Å². The minimum Gasteiger partial charge on any atom is -0.383 e. The van der Waals surface area contributed by atoms with Crippen molar-refractivity contribution >= 4 is 17.3 Å². The largest absolute Gasteiger partial charge is 0.383 e. The highest BCUT2D eigenvalue weighted by Crippen LogP contribution is 2.20. The Bertz CT molecular complexity index is 514. The first-order valence-corrected chi connectivity index (χ1v) is 7.28. The van der Waals surface area contributed by atoms with Gasteiger partial charge in [0.25, 0.3) is 5.56 Å². The molecule has 21 heavy (non-hydrogen) atoms. The molecule has 1 aromatic rings. The van der Waals surface area contributed by atoms with E-state index in [-0.39, 0.29) is 16.0 Å². The number of hydrogen-bond donors (Lipinski definition) is 1. The Hall–Kier alpha value is -1.11. The fourth-order valence-corrected chi connectivity index (χ4v) is 2.38. The van der Waals surface area contributed by atoms with Gasteiger partial charge in [-0.25, -0.2) is 4.68 Å². The van der Waals surface area contributed by atoms with Crippen LogP contribution in [0.4, 0.5) is 5.69 Å². The van der Waals surface area contributed by atoms with E-state index < -0.39 is 0 Å². The van der Waals surface area contributed by atoms with E-state index in [0.717, 1.165) is 6.54 Å². The molecule has 0 amide bonds. The molecule has 1 aromatic heterocycles. The highest BCUT2D eigenvalue weighted by atomic mass is 35.5. The quantitative estimate of drug-likeness (QED) is 0.788. The number of nitrogens with zero attached hydrogens (tertiary/aromatic N) is 3. The Labute approximate surface area is 131 Å². The van der Waals surface area contributed by atoms with Gasteiger partial charge < -0.3 is 15.0 Å². The van der Waals surface area contributed by atoms with E-state index in [2.05, 4.69) is 29.2 Å². The second-order valence-corrected chi connectivity index (χ2v) is 6.53. The summed E-state index contributed by atoms with van der Waals surface area (Å²) in [5, 5.41) is 7.49. The van der Waals surface area contributed by atoms with Gasteiger partial charge in [-0.2, -0.15) is 5.10 Å². The monoisotopic (exact) mass is 316 g/mol. The maximum Gasteiger partial charge on any atom is 0.287 e. The van der Waals surface area contributed by atoms with E-state index in [1.807, 2.05) is 14.1 Å². The lowest BCUT2D eigenvalue weighted by molar-refractivity contribution is 0.182. The normalized spacial score (nSPS) is 12.0. The van der Waals surface area contributed by atoms with E-state index in [1.54, 1.807) is 13.3 Å². The van der Waals surface area contributed by atoms with Crippen LogP contribution in [-0.2, 0) is 11.3 Å². The predicted molar refractivity (Wildman–Crippen MR) is 86.2 cm³/mol. The summed E-state index contributed by atoms with van der Waals surface area (Å²) in [6, 6.07) is 0. The first-order valence-electron chi connectivity index (χ1n) is 6.90. The molecular weight excluding hydrogens is 292 g/mol. The molecule has 6 nitrogen and oxygen atoms in total. The average Bonchev–Trinajstić information content (AvgIpc) is 2.38. The number of methoxy groups -OCH3 is 1. The molecule has 0 saturated heterocycles. The van der Waals surface area contributed by atoms with Crippen LogP contribution in [0.25, 0.3) is 0 Å². The van der Waals surface area contributed by atoms with Gasteiger partial charge in [0.1, 0.15) is 5.02 Å². The van der Waals surface area contributed by atoms with Gasteiger partial charge in [0.2, 0.25) is 0 Å². The van der Waals surface area contributed by atoms with Crippen LogP contribution in [0, 0.1) is 5.41 Å². The first kappa shape index (κ1) is 17.9. The van der Waals surface area contributed by atoms with Gasteiger partial charge in [-0.1, -0.05) is 25.4 Å². The van der Waals surface area contributed by atoms with Crippen LogP contribution in [-0.4, -0.2) is 55.6 Å². The van der Waals surface area contributed by atoms with Crippen molar-refractivity contribution in [3.8, 4) is 0 Å². The fourth-order valence-electron chi connectivity index (χ4n) is 2.17. The van der Waals surface area contributed by atoms with E-state index >= 15 is 0 Å². The molecular formula is C14H25ClN4O2. The van der Waals surface area contributed by atoms with Crippen LogP contribution >= 0.6 is 11.6 Å². The van der Waals surface area contributed by atoms with E-state index in [0.29, 0.717) is 25.4 Å². The van der Waals surface area contributed by atoms with Gasteiger partial charge in [0.15, 0.2) is 0 Å². The standard InChI is InChI=1S/C14H25ClN4O2/c1-14(2,10-18(3)4)9-16-11-8-17-19(6-7-21-5)13(20)12(11)15/h8,16H,6-7,9-10H2,1-5H3. The third-order valence-corrected chi connectivity index (χ3v) is 3.36. The van der Waals surface area contributed by atoms with Gasteiger partial charge in [-0.05, 0) is 19.5 Å². The van der Waals surface area contributed by atoms with E-state index in [9.17, 15) is 4.79 Å². The number of ether oxygens (including phenoxy) is 1. The third-order valence-electron chi connectivity index (χ3n) is 2.99. The van der Waals surface area contributed by atoms with Crippen LogP contribution < -0.4 is 10.9 Å². The zero-order valence-corrected chi connectivity index (χ0v) is 14.2. The zero-order valence-electron chi connectivity index (χ0n) is 13.4. The third kappa shape index (κ3) is 5.65. The van der Waals surface area contributed by atoms with Crippen LogP contribution in [0.3, 0.4) is 0 Å². The molecule has 0 bridgehead atoms. The molecule has 0 atom stereocenters. The summed E-state index contributed by atoms with van der Waals surface area (Å²) in [5.41, 5.74) is 0.323. The Morgan fingerprint density at radius 3 is 2.71 bits per heavy atom. The summed E-state index contributed by atoms with van der Waals surface area (Å²) in [6.07, 6.45) is 1.59. The SMILES string of the molecule is COCCn1ncc(NCC(C)(C)CN(C)C)c(Cl)c1=O. The molecule has 0 unspecified atom stereocenters. The molecule has 0 radical (unpaired) electrons. The highest BCUT2D eigenvalue weighted by molar-refractivity contribution is 6.32. The lowest BCUT2D eigenvalue weighted by Gasteiger charge is -2.29. The van der Waals surface area contributed by atoms with Crippen molar-refractivity contribution in [2.75, 3.05) is 46.2 Å². The summed E-state index contributed by atoms with van der Waals surface area (Å²) >= 11 is 6.12. The second kappa shape index (κ2) is 7.77. The lowest BCUT2D eigenvalue weighted by Crippen LogP contribution is -2.35. The van der Waals surface area contributed by atoms with Crippen LogP contribution in [0.5, 0.6) is 0 Å². The molecule has 0 aliphatic rings. The van der Waals surface area contributed by atoms with Crippen molar-refractivity contribution in [3.63, 3.8) is 0 Å². The summed E-state index contributed by atoms with van der Waals surface area (Å²) in [6.45, 7) is 6.75. The Kier molecular flexibility index (Phi) is 6.64. The van der Waals surface area contributed by atoms with Crippen molar-refractivity contribution in [2.24, 2.45) is 5.41 Å². The van der Waals surface area contributed by atoms with Crippen molar-refractivity contribution in [1.29, 1.82) is 0 Å². The molecule has 1 rings (SSSR count). The fraction of sp³-hybridized carbons (Fsp3) is 0.714. The number of halogens is 1. The van der Waals surface area contributed by atoms with Gasteiger partial charge in [0.05, 0.1) is 25.0 Å². The van der Waals surface area contributed by atoms with Crippen LogP contribution in [0.15, 0.2) is 11.0 Å². The summed E-state index contributed by atoms with van der Waals surface area (Å²) in [5.74, 6) is 0. The molecule has 1 heterocycles. The van der Waals surface area contributed by atoms with Gasteiger partial charge in [-0.15, -0.1) is 0 Å². The second-order valence-electron chi connectivity index (χ2n) is 6.15. The maximum absolute atomic E-state index is 12.1. The van der Waals surface area contributed by atoms with Crippen molar-refractivity contribution in [2.45, 2.75) is 20.4 Å². The number of aromatic nitrogens is 2.